The molecule has 0 saturated heterocycles. The molecule has 0 atom stereocenters. The van der Waals surface area contributed by atoms with E-state index in [1.165, 1.54) is 0 Å². The van der Waals surface area contributed by atoms with E-state index in [0.717, 1.165) is 46.7 Å². The molecule has 1 rings (SSSR count). The zero-order valence-electron chi connectivity index (χ0n) is 14.3. The van der Waals surface area contributed by atoms with E-state index in [1.54, 1.807) is 0 Å². The highest BCUT2D eigenvalue weighted by atomic mass is 79.9. The molecule has 0 spiro atoms. The Labute approximate surface area is 142 Å². The standard InChI is InChI=1S/C17H27BrN2O2/c1-6-20(7-2,8-3)11-16(21)19-17-13(4)9-15(22-12-18)10-14(17)5/h9-10H,6-8,11-12H2,1-5H3/p+1. The van der Waals surface area contributed by atoms with Gasteiger partial charge in [0.2, 0.25) is 0 Å². The van der Waals surface area contributed by atoms with Gasteiger partial charge in [0.05, 0.1) is 19.6 Å². The molecular formula is C17H28BrN2O2+. The van der Waals surface area contributed by atoms with E-state index >= 15 is 0 Å². The quantitative estimate of drug-likeness (QED) is 0.556. The van der Waals surface area contributed by atoms with Crippen LogP contribution in [0, 0.1) is 13.8 Å². The SMILES string of the molecule is CC[N+](CC)(CC)CC(=O)Nc1c(C)cc(OCBr)cc1C. The zero-order valence-corrected chi connectivity index (χ0v) is 15.9. The summed E-state index contributed by atoms with van der Waals surface area (Å²) in [6.07, 6.45) is 0. The predicted octanol–water partition coefficient (Wildman–Crippen LogP) is 3.85. The number of amides is 1. The molecule has 1 N–H and O–H groups in total. The average molecular weight is 372 g/mol. The number of nitrogens with zero attached hydrogens (tertiary/aromatic N) is 1. The van der Waals surface area contributed by atoms with Crippen molar-refractivity contribution in [3.8, 4) is 5.75 Å². The van der Waals surface area contributed by atoms with Crippen LogP contribution in [0.1, 0.15) is 31.9 Å². The van der Waals surface area contributed by atoms with Gasteiger partial charge >= 0.3 is 0 Å². The average Bonchev–Trinajstić information content (AvgIpc) is 2.49. The van der Waals surface area contributed by atoms with E-state index < -0.39 is 0 Å². The molecular weight excluding hydrogens is 344 g/mol. The van der Waals surface area contributed by atoms with E-state index in [0.29, 0.717) is 12.1 Å². The van der Waals surface area contributed by atoms with Gasteiger partial charge in [-0.15, -0.1) is 0 Å². The number of carbonyl (C=O) groups is 1. The summed E-state index contributed by atoms with van der Waals surface area (Å²) < 4.78 is 6.28. The van der Waals surface area contributed by atoms with Crippen LogP contribution < -0.4 is 10.1 Å². The van der Waals surface area contributed by atoms with E-state index in [4.69, 9.17) is 4.74 Å². The lowest BCUT2D eigenvalue weighted by atomic mass is 10.1. The number of rotatable bonds is 8. The van der Waals surface area contributed by atoms with Gasteiger partial charge in [-0.05, 0) is 73.8 Å². The van der Waals surface area contributed by atoms with Gasteiger partial charge in [-0.3, -0.25) is 4.79 Å². The lowest BCUT2D eigenvalue weighted by Gasteiger charge is -2.35. The summed E-state index contributed by atoms with van der Waals surface area (Å²) in [5.41, 5.74) is 3.40. The van der Waals surface area contributed by atoms with Crippen LogP contribution in [-0.2, 0) is 4.79 Å². The second kappa shape index (κ2) is 8.53. The zero-order chi connectivity index (χ0) is 16.8. The molecule has 124 valence electrons. The van der Waals surface area contributed by atoms with Crippen LogP contribution in [0.5, 0.6) is 5.75 Å². The van der Waals surface area contributed by atoms with Gasteiger partial charge in [-0.1, -0.05) is 0 Å². The van der Waals surface area contributed by atoms with Crippen LogP contribution in [0.15, 0.2) is 12.1 Å². The minimum absolute atomic E-state index is 0.0749. The minimum Gasteiger partial charge on any atom is -0.482 e. The number of quaternary nitrogens is 1. The van der Waals surface area contributed by atoms with Gasteiger partial charge in [-0.25, -0.2) is 0 Å². The highest BCUT2D eigenvalue weighted by molar-refractivity contribution is 9.09. The maximum Gasteiger partial charge on any atom is 0.279 e. The van der Waals surface area contributed by atoms with Crippen LogP contribution in [0.3, 0.4) is 0 Å². The van der Waals surface area contributed by atoms with Crippen LogP contribution in [-0.4, -0.2) is 42.1 Å². The first-order valence-electron chi connectivity index (χ1n) is 7.86. The molecule has 0 aromatic heterocycles. The first-order chi connectivity index (χ1) is 10.4. The number of hydrogen-bond acceptors (Lipinski definition) is 2. The van der Waals surface area contributed by atoms with Gasteiger partial charge in [-0.2, -0.15) is 0 Å². The van der Waals surface area contributed by atoms with Crippen molar-refractivity contribution in [1.29, 1.82) is 0 Å². The fraction of sp³-hybridized carbons (Fsp3) is 0.588. The Hall–Kier alpha value is -1.07. The smallest absolute Gasteiger partial charge is 0.279 e. The molecule has 4 nitrogen and oxygen atoms in total. The third-order valence-corrected chi connectivity index (χ3v) is 4.71. The number of likely N-dealkylation sites (N-methyl/N-ethyl adjacent to an activating group) is 1. The second-order valence-corrected chi connectivity index (χ2v) is 6.14. The normalized spacial score (nSPS) is 11.4. The lowest BCUT2D eigenvalue weighted by Crippen LogP contribution is -2.52. The number of ether oxygens (including phenoxy) is 1. The predicted molar refractivity (Wildman–Crippen MR) is 95.7 cm³/mol. The van der Waals surface area contributed by atoms with Crippen molar-refractivity contribution in [2.75, 3.05) is 37.0 Å². The number of carbonyl (C=O) groups excluding carboxylic acids is 1. The lowest BCUT2D eigenvalue weighted by molar-refractivity contribution is -0.915. The Morgan fingerprint density at radius 3 is 2.05 bits per heavy atom. The molecule has 22 heavy (non-hydrogen) atoms. The van der Waals surface area contributed by atoms with Crippen LogP contribution >= 0.6 is 15.9 Å². The Bertz CT molecular complexity index is 482. The van der Waals surface area contributed by atoms with E-state index in [-0.39, 0.29) is 5.91 Å². The van der Waals surface area contributed by atoms with Gasteiger partial charge in [0.15, 0.2) is 6.54 Å². The van der Waals surface area contributed by atoms with Crippen molar-refractivity contribution in [2.24, 2.45) is 0 Å². The molecule has 0 saturated carbocycles. The van der Waals surface area contributed by atoms with Crippen molar-refractivity contribution in [3.63, 3.8) is 0 Å². The topological polar surface area (TPSA) is 38.3 Å². The Morgan fingerprint density at radius 1 is 1.14 bits per heavy atom. The molecule has 0 fully saturated rings. The van der Waals surface area contributed by atoms with Crippen molar-refractivity contribution in [1.82, 2.24) is 0 Å². The number of halogens is 1. The molecule has 0 aliphatic carbocycles. The molecule has 1 amide bonds. The summed E-state index contributed by atoms with van der Waals surface area (Å²) in [7, 11) is 0. The number of alkyl halides is 1. The highest BCUT2D eigenvalue weighted by Gasteiger charge is 2.25. The molecule has 1 aromatic rings. The van der Waals surface area contributed by atoms with Crippen LogP contribution in [0.4, 0.5) is 5.69 Å². The molecule has 0 radical (unpaired) electrons. The maximum absolute atomic E-state index is 12.5. The summed E-state index contributed by atoms with van der Waals surface area (Å²) in [4.78, 5) is 12.5. The summed E-state index contributed by atoms with van der Waals surface area (Å²) >= 11 is 3.26. The van der Waals surface area contributed by atoms with Gasteiger partial charge in [0, 0.05) is 5.69 Å². The Kier molecular flexibility index (Phi) is 7.36. The highest BCUT2D eigenvalue weighted by Crippen LogP contribution is 2.26. The summed E-state index contributed by atoms with van der Waals surface area (Å²) in [6.45, 7) is 13.8. The van der Waals surface area contributed by atoms with Gasteiger partial charge in [0.25, 0.3) is 5.91 Å². The summed E-state index contributed by atoms with van der Waals surface area (Å²) in [5.74, 6) is 0.886. The van der Waals surface area contributed by atoms with E-state index in [9.17, 15) is 4.79 Å². The van der Waals surface area contributed by atoms with Gasteiger partial charge in [0.1, 0.15) is 11.3 Å². The first kappa shape index (κ1) is 19.0. The van der Waals surface area contributed by atoms with Crippen LogP contribution in [0.25, 0.3) is 0 Å². The van der Waals surface area contributed by atoms with Gasteiger partial charge < -0.3 is 14.5 Å². The number of anilines is 1. The maximum atomic E-state index is 12.5. The van der Waals surface area contributed by atoms with Crippen LogP contribution in [0.2, 0.25) is 0 Å². The Morgan fingerprint density at radius 2 is 1.64 bits per heavy atom. The minimum atomic E-state index is 0.0749. The molecule has 0 unspecified atom stereocenters. The third-order valence-electron chi connectivity index (χ3n) is 4.48. The number of nitrogens with one attached hydrogen (secondary N) is 1. The fourth-order valence-electron chi connectivity index (χ4n) is 2.76. The van der Waals surface area contributed by atoms with E-state index in [2.05, 4.69) is 42.0 Å². The molecule has 0 aliphatic heterocycles. The number of benzene rings is 1. The van der Waals surface area contributed by atoms with Crippen molar-refractivity contribution in [3.05, 3.63) is 23.3 Å². The largest absolute Gasteiger partial charge is 0.482 e. The molecule has 0 heterocycles. The monoisotopic (exact) mass is 371 g/mol. The second-order valence-electron chi connectivity index (χ2n) is 5.68. The number of aryl methyl sites for hydroxylation is 2. The van der Waals surface area contributed by atoms with Crippen molar-refractivity contribution in [2.45, 2.75) is 34.6 Å². The number of hydrogen-bond donors (Lipinski definition) is 1. The molecule has 0 bridgehead atoms. The summed E-state index contributed by atoms with van der Waals surface area (Å²) in [6, 6.07) is 3.90. The fourth-order valence-corrected chi connectivity index (χ4v) is 3.02. The Balaban J connectivity index is 2.88. The molecule has 5 heteroatoms. The summed E-state index contributed by atoms with van der Waals surface area (Å²) in [5, 5.41) is 3.08. The van der Waals surface area contributed by atoms with Crippen molar-refractivity contribution >= 4 is 27.5 Å². The first-order valence-corrected chi connectivity index (χ1v) is 8.98. The van der Waals surface area contributed by atoms with E-state index in [1.807, 2.05) is 26.0 Å². The molecule has 0 aliphatic rings. The van der Waals surface area contributed by atoms with Crippen molar-refractivity contribution < 1.29 is 14.0 Å². The third kappa shape index (κ3) is 4.71. The molecule has 1 aromatic carbocycles.